The lowest BCUT2D eigenvalue weighted by atomic mass is 9.83. The van der Waals surface area contributed by atoms with Gasteiger partial charge in [-0.25, -0.2) is 5.84 Å². The number of hydrazine groups is 1. The summed E-state index contributed by atoms with van der Waals surface area (Å²) < 4.78 is 28.2. The van der Waals surface area contributed by atoms with Crippen molar-refractivity contribution in [1.82, 2.24) is 5.01 Å². The molecular formula is C14H27F2N3. The summed E-state index contributed by atoms with van der Waals surface area (Å²) in [5.74, 6) is 3.66. The first-order chi connectivity index (χ1) is 8.66. The van der Waals surface area contributed by atoms with Crippen LogP contribution in [0.4, 0.5) is 8.78 Å². The van der Waals surface area contributed by atoms with E-state index in [0.717, 1.165) is 6.42 Å². The first-order valence-electron chi connectivity index (χ1n) is 7.07. The van der Waals surface area contributed by atoms with Gasteiger partial charge in [-0.05, 0) is 44.9 Å². The summed E-state index contributed by atoms with van der Waals surface area (Å²) in [6.07, 6.45) is 1.73. The molecule has 4 N–H and O–H groups in total. The summed E-state index contributed by atoms with van der Waals surface area (Å²) in [6.45, 7) is 7.91. The van der Waals surface area contributed by atoms with Crippen LogP contribution in [0.15, 0.2) is 11.4 Å². The fraction of sp³-hybridized carbons (Fsp3) is 0.857. The Hall–Kier alpha value is -0.840. The smallest absolute Gasteiger partial charge is 0.288 e. The van der Waals surface area contributed by atoms with Crippen LogP contribution < -0.4 is 11.6 Å². The van der Waals surface area contributed by atoms with Gasteiger partial charge in [0.1, 0.15) is 0 Å². The van der Waals surface area contributed by atoms with Crippen LogP contribution in [0, 0.1) is 11.8 Å². The Bertz CT molecular complexity index is 338. The van der Waals surface area contributed by atoms with E-state index in [2.05, 4.69) is 13.8 Å². The molecule has 0 aromatic heterocycles. The van der Waals surface area contributed by atoms with Crippen molar-refractivity contribution in [1.29, 1.82) is 0 Å². The van der Waals surface area contributed by atoms with Crippen molar-refractivity contribution in [2.75, 3.05) is 0 Å². The number of nitrogens with zero attached hydrogens (tertiary/aromatic N) is 1. The highest BCUT2D eigenvalue weighted by Crippen LogP contribution is 2.38. The monoisotopic (exact) mass is 275 g/mol. The predicted octanol–water partition coefficient (Wildman–Crippen LogP) is 3.22. The number of hydrogen-bond acceptors (Lipinski definition) is 3. The highest BCUT2D eigenvalue weighted by atomic mass is 19.3. The number of rotatable bonds is 3. The Morgan fingerprint density at radius 2 is 1.79 bits per heavy atom. The lowest BCUT2D eigenvalue weighted by Crippen LogP contribution is -2.42. The number of alkyl halides is 2. The van der Waals surface area contributed by atoms with Crippen LogP contribution in [-0.2, 0) is 0 Å². The zero-order valence-corrected chi connectivity index (χ0v) is 12.4. The van der Waals surface area contributed by atoms with Crippen LogP contribution in [0.1, 0.15) is 53.4 Å². The van der Waals surface area contributed by atoms with E-state index in [1.165, 1.54) is 5.01 Å². The fourth-order valence-electron chi connectivity index (χ4n) is 2.56. The van der Waals surface area contributed by atoms with Crippen molar-refractivity contribution in [2.24, 2.45) is 23.4 Å². The van der Waals surface area contributed by atoms with E-state index < -0.39 is 5.92 Å². The summed E-state index contributed by atoms with van der Waals surface area (Å²) in [7, 11) is 0. The summed E-state index contributed by atoms with van der Waals surface area (Å²) >= 11 is 0. The molecule has 0 saturated carbocycles. The maximum Gasteiger partial charge on any atom is 0.288 e. The third kappa shape index (κ3) is 3.81. The zero-order chi connectivity index (χ0) is 14.8. The van der Waals surface area contributed by atoms with Crippen LogP contribution >= 0.6 is 0 Å². The summed E-state index contributed by atoms with van der Waals surface area (Å²) in [6, 6.07) is -0.0405. The molecule has 0 spiro atoms. The molecule has 1 aliphatic rings. The predicted molar refractivity (Wildman–Crippen MR) is 74.1 cm³/mol. The molecule has 1 unspecified atom stereocenters. The molecule has 0 radical (unpaired) electrons. The molecule has 1 atom stereocenters. The van der Waals surface area contributed by atoms with Crippen LogP contribution in [0.25, 0.3) is 0 Å². The zero-order valence-electron chi connectivity index (χ0n) is 12.4. The molecule has 1 rings (SSSR count). The Morgan fingerprint density at radius 3 is 2.26 bits per heavy atom. The van der Waals surface area contributed by atoms with Crippen molar-refractivity contribution in [3.05, 3.63) is 11.4 Å². The maximum absolute atomic E-state index is 14.1. The first-order valence-corrected chi connectivity index (χ1v) is 7.07. The summed E-state index contributed by atoms with van der Waals surface area (Å²) in [4.78, 5) is 0. The number of halogens is 2. The quantitative estimate of drug-likeness (QED) is 0.614. The van der Waals surface area contributed by atoms with E-state index in [9.17, 15) is 8.78 Å². The molecule has 0 aliphatic heterocycles. The van der Waals surface area contributed by atoms with E-state index >= 15 is 0 Å². The molecule has 5 heteroatoms. The van der Waals surface area contributed by atoms with Gasteiger partial charge in [0.2, 0.25) is 0 Å². The second-order valence-electron chi connectivity index (χ2n) is 6.15. The average molecular weight is 275 g/mol. The van der Waals surface area contributed by atoms with Gasteiger partial charge < -0.3 is 10.7 Å². The minimum absolute atomic E-state index is 0.0405. The van der Waals surface area contributed by atoms with Crippen molar-refractivity contribution in [2.45, 2.75) is 65.3 Å². The van der Waals surface area contributed by atoms with Crippen LogP contribution in [0.5, 0.6) is 0 Å². The first kappa shape index (κ1) is 16.2. The Balaban J connectivity index is 3.06. The van der Waals surface area contributed by atoms with Crippen molar-refractivity contribution >= 4 is 0 Å². The molecule has 0 aromatic rings. The average Bonchev–Trinajstić information content (AvgIpc) is 2.30. The van der Waals surface area contributed by atoms with Gasteiger partial charge in [0.05, 0.1) is 11.4 Å². The second kappa shape index (κ2) is 6.07. The molecule has 0 amide bonds. The van der Waals surface area contributed by atoms with Gasteiger partial charge in [-0.1, -0.05) is 13.8 Å². The maximum atomic E-state index is 14.1. The minimum atomic E-state index is -2.95. The minimum Gasteiger partial charge on any atom is -0.396 e. The normalized spacial score (nSPS) is 28.4. The second-order valence-corrected chi connectivity index (χ2v) is 6.15. The molecule has 19 heavy (non-hydrogen) atoms. The van der Waals surface area contributed by atoms with Crippen LogP contribution in [0.2, 0.25) is 0 Å². The molecule has 112 valence electrons. The van der Waals surface area contributed by atoms with Gasteiger partial charge in [-0.2, -0.15) is 8.78 Å². The Labute approximate surface area is 115 Å². The fourth-order valence-corrected chi connectivity index (χ4v) is 2.56. The molecule has 0 bridgehead atoms. The molecule has 0 heterocycles. The third-order valence-corrected chi connectivity index (χ3v) is 4.10. The molecule has 3 nitrogen and oxygen atoms in total. The van der Waals surface area contributed by atoms with E-state index in [4.69, 9.17) is 11.6 Å². The summed E-state index contributed by atoms with van der Waals surface area (Å²) in [5.41, 5.74) is 5.76. The molecular weight excluding hydrogens is 248 g/mol. The van der Waals surface area contributed by atoms with Crippen molar-refractivity contribution in [3.8, 4) is 0 Å². The number of nitrogens with two attached hydrogens (primary N) is 2. The van der Waals surface area contributed by atoms with E-state index in [-0.39, 0.29) is 18.2 Å². The molecule has 0 fully saturated rings. The number of hydrogen-bond donors (Lipinski definition) is 2. The number of allylic oxidation sites excluding steroid dienone is 2. The van der Waals surface area contributed by atoms with Crippen molar-refractivity contribution < 1.29 is 8.78 Å². The van der Waals surface area contributed by atoms with Crippen LogP contribution in [0.3, 0.4) is 0 Å². The Kier molecular flexibility index (Phi) is 5.18. The van der Waals surface area contributed by atoms with Gasteiger partial charge in [0.15, 0.2) is 0 Å². The standard InChI is InChI=1S/C14H27F2N3/c1-9(2)11-5-6-12(19(18)10(3)4)13(17)14(15,16)8-7-11/h9-11H,5-8,17-18H2,1-4H3/b13-12-. The van der Waals surface area contributed by atoms with Crippen molar-refractivity contribution in [3.63, 3.8) is 0 Å². The Morgan fingerprint density at radius 1 is 1.21 bits per heavy atom. The highest BCUT2D eigenvalue weighted by Gasteiger charge is 2.38. The van der Waals surface area contributed by atoms with Gasteiger partial charge in [0.25, 0.3) is 5.92 Å². The van der Waals surface area contributed by atoms with Gasteiger partial charge in [-0.3, -0.25) is 0 Å². The lowest BCUT2D eigenvalue weighted by molar-refractivity contribution is 0.0132. The van der Waals surface area contributed by atoms with E-state index in [0.29, 0.717) is 30.4 Å². The van der Waals surface area contributed by atoms with E-state index in [1.807, 2.05) is 13.8 Å². The summed E-state index contributed by atoms with van der Waals surface area (Å²) in [5, 5.41) is 1.39. The topological polar surface area (TPSA) is 55.3 Å². The molecule has 0 aromatic carbocycles. The largest absolute Gasteiger partial charge is 0.396 e. The van der Waals surface area contributed by atoms with Gasteiger partial charge in [-0.15, -0.1) is 0 Å². The van der Waals surface area contributed by atoms with Gasteiger partial charge in [0, 0.05) is 12.5 Å². The van der Waals surface area contributed by atoms with E-state index in [1.54, 1.807) is 0 Å². The van der Waals surface area contributed by atoms with Crippen LogP contribution in [-0.4, -0.2) is 17.0 Å². The van der Waals surface area contributed by atoms with Gasteiger partial charge >= 0.3 is 0 Å². The highest BCUT2D eigenvalue weighted by molar-refractivity contribution is 5.18. The lowest BCUT2D eigenvalue weighted by Gasteiger charge is -2.34. The SMILES string of the molecule is CC(C)C1CC/C(N(N)C(C)C)=C(/N)C(F)(F)CC1. The molecule has 0 saturated heterocycles. The third-order valence-electron chi connectivity index (χ3n) is 4.10. The molecule has 1 aliphatic carbocycles.